The molecule has 1 atom stereocenters. The Labute approximate surface area is 115 Å². The van der Waals surface area contributed by atoms with Crippen molar-refractivity contribution in [2.75, 3.05) is 5.73 Å². The number of H-pyrrole nitrogens is 1. The standard InChI is InChI=1S/C14H26N4O/c1-4-6-7-9-10(3)16-14(19)13-12(15)11(8-5-2)17-18-13/h10H,4-9,15H2,1-3H3,(H,16,19)(H,17,18). The Balaban J connectivity index is 2.53. The number of hydrogen-bond donors (Lipinski definition) is 3. The van der Waals surface area contributed by atoms with E-state index in [1.807, 2.05) is 6.92 Å². The number of nitrogen functional groups attached to an aromatic ring is 1. The number of hydrogen-bond acceptors (Lipinski definition) is 3. The van der Waals surface area contributed by atoms with Gasteiger partial charge < -0.3 is 11.1 Å². The number of nitrogens with zero attached hydrogens (tertiary/aromatic N) is 1. The van der Waals surface area contributed by atoms with Gasteiger partial charge in [-0.25, -0.2) is 0 Å². The summed E-state index contributed by atoms with van der Waals surface area (Å²) in [5, 5.41) is 9.82. The monoisotopic (exact) mass is 266 g/mol. The number of rotatable bonds is 8. The van der Waals surface area contributed by atoms with Crippen LogP contribution in [0, 0.1) is 0 Å². The molecule has 0 saturated carbocycles. The van der Waals surface area contributed by atoms with Gasteiger partial charge in [0.1, 0.15) is 0 Å². The third-order valence-electron chi connectivity index (χ3n) is 3.22. The molecule has 19 heavy (non-hydrogen) atoms. The molecule has 0 bridgehead atoms. The van der Waals surface area contributed by atoms with E-state index >= 15 is 0 Å². The molecule has 0 radical (unpaired) electrons. The fraction of sp³-hybridized carbons (Fsp3) is 0.714. The van der Waals surface area contributed by atoms with Gasteiger partial charge in [-0.1, -0.05) is 39.5 Å². The molecular formula is C14H26N4O. The number of carbonyl (C=O) groups excluding carboxylic acids is 1. The molecule has 0 aliphatic heterocycles. The summed E-state index contributed by atoms with van der Waals surface area (Å²) >= 11 is 0. The molecule has 5 nitrogen and oxygen atoms in total. The average Bonchev–Trinajstić information content (AvgIpc) is 2.72. The summed E-state index contributed by atoms with van der Waals surface area (Å²) in [6.45, 7) is 6.25. The van der Waals surface area contributed by atoms with Crippen LogP contribution in [-0.4, -0.2) is 22.1 Å². The maximum Gasteiger partial charge on any atom is 0.274 e. The molecule has 4 N–H and O–H groups in total. The molecule has 1 rings (SSSR count). The van der Waals surface area contributed by atoms with Crippen LogP contribution in [-0.2, 0) is 6.42 Å². The molecule has 1 heterocycles. The summed E-state index contributed by atoms with van der Waals surface area (Å²) in [6, 6.07) is 0.157. The number of nitrogens with one attached hydrogen (secondary N) is 2. The van der Waals surface area contributed by atoms with Gasteiger partial charge in [0.05, 0.1) is 11.4 Å². The third kappa shape index (κ3) is 4.58. The van der Waals surface area contributed by atoms with Crippen LogP contribution in [0.2, 0.25) is 0 Å². The van der Waals surface area contributed by atoms with Gasteiger partial charge in [0, 0.05) is 6.04 Å². The van der Waals surface area contributed by atoms with Crippen LogP contribution in [0.1, 0.15) is 69.1 Å². The van der Waals surface area contributed by atoms with Crippen LogP contribution in [0.3, 0.4) is 0 Å². The molecule has 5 heteroatoms. The van der Waals surface area contributed by atoms with E-state index in [9.17, 15) is 4.79 Å². The zero-order valence-electron chi connectivity index (χ0n) is 12.3. The maximum atomic E-state index is 12.1. The summed E-state index contributed by atoms with van der Waals surface area (Å²) in [4.78, 5) is 12.1. The first-order valence-electron chi connectivity index (χ1n) is 7.23. The van der Waals surface area contributed by atoms with Crippen molar-refractivity contribution in [1.29, 1.82) is 0 Å². The Morgan fingerprint density at radius 2 is 2.11 bits per heavy atom. The van der Waals surface area contributed by atoms with E-state index in [1.165, 1.54) is 12.8 Å². The van der Waals surface area contributed by atoms with Gasteiger partial charge in [-0.3, -0.25) is 9.89 Å². The van der Waals surface area contributed by atoms with E-state index in [2.05, 4.69) is 29.4 Å². The smallest absolute Gasteiger partial charge is 0.274 e. The van der Waals surface area contributed by atoms with Gasteiger partial charge in [-0.2, -0.15) is 5.10 Å². The molecule has 0 aliphatic carbocycles. The van der Waals surface area contributed by atoms with Crippen LogP contribution in [0.15, 0.2) is 0 Å². The number of aromatic amines is 1. The summed E-state index contributed by atoms with van der Waals surface area (Å²) < 4.78 is 0. The summed E-state index contributed by atoms with van der Waals surface area (Å²) in [5.74, 6) is -0.180. The number of nitrogens with two attached hydrogens (primary N) is 1. The largest absolute Gasteiger partial charge is 0.395 e. The van der Waals surface area contributed by atoms with Crippen LogP contribution in [0.4, 0.5) is 5.69 Å². The minimum absolute atomic E-state index is 0.157. The summed E-state index contributed by atoms with van der Waals surface area (Å²) in [6.07, 6.45) is 6.30. The topological polar surface area (TPSA) is 83.8 Å². The molecule has 1 amide bonds. The van der Waals surface area contributed by atoms with E-state index in [4.69, 9.17) is 5.73 Å². The van der Waals surface area contributed by atoms with Gasteiger partial charge >= 0.3 is 0 Å². The highest BCUT2D eigenvalue weighted by atomic mass is 16.2. The number of carbonyl (C=O) groups is 1. The molecule has 108 valence electrons. The Kier molecular flexibility index (Phi) is 6.39. The van der Waals surface area contributed by atoms with E-state index in [0.29, 0.717) is 11.4 Å². The second-order valence-corrected chi connectivity index (χ2v) is 5.08. The van der Waals surface area contributed by atoms with Gasteiger partial charge in [-0.15, -0.1) is 0 Å². The first-order valence-corrected chi connectivity index (χ1v) is 7.23. The van der Waals surface area contributed by atoms with E-state index in [1.54, 1.807) is 0 Å². The lowest BCUT2D eigenvalue weighted by Gasteiger charge is -2.12. The van der Waals surface area contributed by atoms with Crippen molar-refractivity contribution in [3.8, 4) is 0 Å². The molecule has 1 aromatic rings. The quantitative estimate of drug-likeness (QED) is 0.632. The highest BCUT2D eigenvalue weighted by molar-refractivity contribution is 5.97. The normalized spacial score (nSPS) is 12.4. The van der Waals surface area contributed by atoms with Crippen molar-refractivity contribution in [2.24, 2.45) is 0 Å². The minimum atomic E-state index is -0.180. The first kappa shape index (κ1) is 15.5. The van der Waals surface area contributed by atoms with Crippen LogP contribution in [0.5, 0.6) is 0 Å². The highest BCUT2D eigenvalue weighted by Crippen LogP contribution is 2.15. The molecule has 0 fully saturated rings. The van der Waals surface area contributed by atoms with Crippen LogP contribution < -0.4 is 11.1 Å². The Morgan fingerprint density at radius 3 is 2.74 bits per heavy atom. The highest BCUT2D eigenvalue weighted by Gasteiger charge is 2.18. The predicted octanol–water partition coefficient (Wildman–Crippen LogP) is 2.64. The molecule has 1 aromatic heterocycles. The number of aryl methyl sites for hydroxylation is 1. The molecule has 0 saturated heterocycles. The number of aromatic nitrogens is 2. The van der Waals surface area contributed by atoms with Crippen molar-refractivity contribution in [1.82, 2.24) is 15.5 Å². The lowest BCUT2D eigenvalue weighted by molar-refractivity contribution is 0.0933. The molecule has 0 spiro atoms. The van der Waals surface area contributed by atoms with Gasteiger partial charge in [-0.05, 0) is 19.8 Å². The molecule has 0 aromatic carbocycles. The summed E-state index contributed by atoms with van der Waals surface area (Å²) in [7, 11) is 0. The average molecular weight is 266 g/mol. The second-order valence-electron chi connectivity index (χ2n) is 5.08. The zero-order chi connectivity index (χ0) is 14.3. The van der Waals surface area contributed by atoms with Gasteiger partial charge in [0.25, 0.3) is 5.91 Å². The fourth-order valence-corrected chi connectivity index (χ4v) is 2.07. The Morgan fingerprint density at radius 1 is 1.37 bits per heavy atom. The lowest BCUT2D eigenvalue weighted by atomic mass is 10.1. The maximum absolute atomic E-state index is 12.1. The summed E-state index contributed by atoms with van der Waals surface area (Å²) in [5.41, 5.74) is 7.60. The zero-order valence-corrected chi connectivity index (χ0v) is 12.3. The van der Waals surface area contributed by atoms with Crippen LogP contribution >= 0.6 is 0 Å². The number of anilines is 1. The number of amides is 1. The molecule has 0 aliphatic rings. The molecule has 1 unspecified atom stereocenters. The Bertz CT molecular complexity index is 400. The fourth-order valence-electron chi connectivity index (χ4n) is 2.07. The SMILES string of the molecule is CCCCCC(C)NC(=O)c1n[nH]c(CCC)c1N. The first-order chi connectivity index (χ1) is 9.10. The Hall–Kier alpha value is -1.52. The van der Waals surface area contributed by atoms with Crippen molar-refractivity contribution < 1.29 is 4.79 Å². The minimum Gasteiger partial charge on any atom is -0.395 e. The van der Waals surface area contributed by atoms with E-state index < -0.39 is 0 Å². The van der Waals surface area contributed by atoms with Gasteiger partial charge in [0.15, 0.2) is 5.69 Å². The van der Waals surface area contributed by atoms with E-state index in [0.717, 1.165) is 31.4 Å². The van der Waals surface area contributed by atoms with E-state index in [-0.39, 0.29) is 11.9 Å². The third-order valence-corrected chi connectivity index (χ3v) is 3.22. The molecular weight excluding hydrogens is 240 g/mol. The predicted molar refractivity (Wildman–Crippen MR) is 78.1 cm³/mol. The number of unbranched alkanes of at least 4 members (excludes halogenated alkanes) is 2. The van der Waals surface area contributed by atoms with Crippen molar-refractivity contribution >= 4 is 11.6 Å². The van der Waals surface area contributed by atoms with Crippen molar-refractivity contribution in [3.05, 3.63) is 11.4 Å². The van der Waals surface area contributed by atoms with Crippen molar-refractivity contribution in [3.63, 3.8) is 0 Å². The van der Waals surface area contributed by atoms with Gasteiger partial charge in [0.2, 0.25) is 0 Å². The lowest BCUT2D eigenvalue weighted by Crippen LogP contribution is -2.33. The van der Waals surface area contributed by atoms with Crippen LogP contribution in [0.25, 0.3) is 0 Å². The second kappa shape index (κ2) is 7.81. The van der Waals surface area contributed by atoms with Crippen molar-refractivity contribution in [2.45, 2.75) is 65.3 Å².